The molecule has 11 nitrogen and oxygen atoms in total. The second-order valence-corrected chi connectivity index (χ2v) is 11.4. The van der Waals surface area contributed by atoms with Crippen LogP contribution in [0.5, 0.6) is 34.5 Å². The Kier molecular flexibility index (Phi) is 9.44. The first-order chi connectivity index (χ1) is 22.0. The predicted octanol–water partition coefficient (Wildman–Crippen LogP) is 3.25. The van der Waals surface area contributed by atoms with Gasteiger partial charge in [-0.3, -0.25) is 14.5 Å². The fraction of sp³-hybridized carbons (Fsp3) is 0.412. The van der Waals surface area contributed by atoms with Gasteiger partial charge in [0, 0.05) is 50.7 Å². The van der Waals surface area contributed by atoms with Crippen LogP contribution in [0.15, 0.2) is 54.6 Å². The molecule has 11 heteroatoms. The van der Waals surface area contributed by atoms with E-state index in [1.54, 1.807) is 20.3 Å². The quantitative estimate of drug-likeness (QED) is 0.455. The highest BCUT2D eigenvalue weighted by Gasteiger charge is 2.36. The van der Waals surface area contributed by atoms with E-state index < -0.39 is 0 Å². The van der Waals surface area contributed by atoms with Crippen LogP contribution < -0.4 is 39.1 Å². The van der Waals surface area contributed by atoms with Gasteiger partial charge in [0.05, 0.1) is 33.5 Å². The van der Waals surface area contributed by atoms with E-state index in [0.29, 0.717) is 81.0 Å². The number of aryl methyl sites for hydroxylation is 1. The van der Waals surface area contributed by atoms with Crippen molar-refractivity contribution < 1.29 is 38.0 Å². The zero-order valence-electron chi connectivity index (χ0n) is 25.6. The van der Waals surface area contributed by atoms with Crippen molar-refractivity contribution in [3.8, 4) is 34.5 Å². The minimum atomic E-state index is -0.284. The molecule has 3 aromatic carbocycles. The minimum absolute atomic E-state index is 0.0654. The van der Waals surface area contributed by atoms with E-state index in [-0.39, 0.29) is 30.6 Å². The van der Waals surface area contributed by atoms with Crippen molar-refractivity contribution in [2.45, 2.75) is 44.5 Å². The van der Waals surface area contributed by atoms with Crippen LogP contribution in [0.4, 0.5) is 0 Å². The number of carbonyl (C=O) groups excluding carboxylic acids is 2. The largest absolute Gasteiger partial charge is 0.496 e. The summed E-state index contributed by atoms with van der Waals surface area (Å²) in [5, 5.41) is 6.12. The number of rotatable bonds is 4. The van der Waals surface area contributed by atoms with Gasteiger partial charge in [0.15, 0.2) is 29.6 Å². The first-order valence-corrected chi connectivity index (χ1v) is 15.3. The Bertz CT molecular complexity index is 1510. The summed E-state index contributed by atoms with van der Waals surface area (Å²) < 4.78 is 35.2. The monoisotopic (exact) mass is 617 g/mol. The Balaban J connectivity index is 1.22. The van der Waals surface area contributed by atoms with Gasteiger partial charge in [-0.2, -0.15) is 0 Å². The Morgan fingerprint density at radius 1 is 0.800 bits per heavy atom. The van der Waals surface area contributed by atoms with Crippen LogP contribution in [0, 0.1) is 0 Å². The van der Waals surface area contributed by atoms with Crippen molar-refractivity contribution >= 4 is 11.8 Å². The van der Waals surface area contributed by atoms with Gasteiger partial charge in [0.1, 0.15) is 17.6 Å². The molecule has 2 atom stereocenters. The number of likely N-dealkylation sites (tertiary alicyclic amines) is 1. The van der Waals surface area contributed by atoms with Crippen molar-refractivity contribution in [2.24, 2.45) is 0 Å². The van der Waals surface area contributed by atoms with E-state index in [9.17, 15) is 9.59 Å². The average Bonchev–Trinajstić information content (AvgIpc) is 3.25. The zero-order valence-corrected chi connectivity index (χ0v) is 25.6. The number of carbonyl (C=O) groups is 2. The SMILES string of the molecule is COc1cc2c(cc1CN1C[C@@H]3NC(=O)CCc4ccc(c(OC)c4)OCC(=O)NCc4ccc(cc4)O[C@H]3C1)OCCCO2. The molecule has 0 spiro atoms. The van der Waals surface area contributed by atoms with Gasteiger partial charge in [0.2, 0.25) is 5.91 Å². The third kappa shape index (κ3) is 7.54. The minimum Gasteiger partial charge on any atom is -0.496 e. The maximum absolute atomic E-state index is 13.2. The highest BCUT2D eigenvalue weighted by Crippen LogP contribution is 2.37. The molecule has 0 radical (unpaired) electrons. The number of amides is 2. The summed E-state index contributed by atoms with van der Waals surface area (Å²) in [6.45, 7) is 3.19. The molecular formula is C34H39N3O8. The van der Waals surface area contributed by atoms with Crippen LogP contribution in [0.25, 0.3) is 0 Å². The lowest BCUT2D eigenvalue weighted by Crippen LogP contribution is -2.45. The molecule has 1 saturated heterocycles. The van der Waals surface area contributed by atoms with Crippen LogP contribution in [-0.4, -0.2) is 76.0 Å². The molecule has 45 heavy (non-hydrogen) atoms. The molecule has 0 aliphatic carbocycles. The van der Waals surface area contributed by atoms with E-state index in [4.69, 9.17) is 28.4 Å². The maximum atomic E-state index is 13.2. The van der Waals surface area contributed by atoms with Crippen LogP contribution in [0.2, 0.25) is 0 Å². The van der Waals surface area contributed by atoms with Gasteiger partial charge >= 0.3 is 0 Å². The topological polar surface area (TPSA) is 117 Å². The van der Waals surface area contributed by atoms with Crippen LogP contribution in [0.3, 0.4) is 0 Å². The summed E-state index contributed by atoms with van der Waals surface area (Å²) in [6.07, 6.45) is 1.34. The molecule has 0 unspecified atom stereocenters. The number of ether oxygens (including phenoxy) is 6. The van der Waals surface area contributed by atoms with Gasteiger partial charge < -0.3 is 39.1 Å². The zero-order chi connectivity index (χ0) is 31.2. The Labute approximate surface area is 262 Å². The summed E-state index contributed by atoms with van der Waals surface area (Å²) in [7, 11) is 3.20. The number of hydrogen-bond donors (Lipinski definition) is 2. The lowest BCUT2D eigenvalue weighted by atomic mass is 10.1. The summed E-state index contributed by atoms with van der Waals surface area (Å²) in [4.78, 5) is 27.9. The molecule has 1 fully saturated rings. The second kappa shape index (κ2) is 14.0. The van der Waals surface area contributed by atoms with Crippen LogP contribution in [0.1, 0.15) is 29.5 Å². The molecule has 0 aromatic heterocycles. The molecule has 0 saturated carbocycles. The molecule has 2 amide bonds. The normalized spacial score (nSPS) is 20.6. The molecule has 238 valence electrons. The summed E-state index contributed by atoms with van der Waals surface area (Å²) in [5.74, 6) is 3.48. The molecule has 6 heterocycles. The van der Waals surface area contributed by atoms with Gasteiger partial charge in [-0.05, 0) is 47.9 Å². The van der Waals surface area contributed by atoms with Gasteiger partial charge in [0.25, 0.3) is 5.91 Å². The lowest BCUT2D eigenvalue weighted by Gasteiger charge is -2.22. The standard InChI is InChI=1S/C34H39N3O8/c1-40-28-16-31-30(42-12-3-13-43-31)15-24(28)18-37-19-26-32(20-37)45-25-8-4-23(5-9-25)17-35-34(39)21-44-27-10-6-22(14-29(27)41-2)7-11-33(38)36-26/h4-6,8-10,14-16,26,32H,3,7,11-13,17-21H2,1-2H3,(H,35,39)(H,36,38)/t26-,32-/m0/s1. The average molecular weight is 618 g/mol. The number of methoxy groups -OCH3 is 2. The predicted molar refractivity (Wildman–Crippen MR) is 165 cm³/mol. The third-order valence-electron chi connectivity index (χ3n) is 8.16. The smallest absolute Gasteiger partial charge is 0.258 e. The van der Waals surface area contributed by atoms with E-state index in [0.717, 1.165) is 28.9 Å². The molecule has 6 aliphatic rings. The van der Waals surface area contributed by atoms with E-state index in [1.165, 1.54) is 0 Å². The van der Waals surface area contributed by atoms with Crippen molar-refractivity contribution in [2.75, 3.05) is 47.1 Å². The van der Waals surface area contributed by atoms with E-state index >= 15 is 0 Å². The highest BCUT2D eigenvalue weighted by atomic mass is 16.5. The summed E-state index contributed by atoms with van der Waals surface area (Å²) >= 11 is 0. The van der Waals surface area contributed by atoms with Gasteiger partial charge in [-0.15, -0.1) is 0 Å². The fourth-order valence-corrected chi connectivity index (χ4v) is 5.80. The van der Waals surface area contributed by atoms with Crippen molar-refractivity contribution in [1.82, 2.24) is 15.5 Å². The van der Waals surface area contributed by atoms with Gasteiger partial charge in [-0.25, -0.2) is 0 Å². The lowest BCUT2D eigenvalue weighted by molar-refractivity contribution is -0.123. The molecule has 3 aromatic rings. The molecule has 4 bridgehead atoms. The van der Waals surface area contributed by atoms with Crippen LogP contribution >= 0.6 is 0 Å². The Hall–Kier alpha value is -4.64. The number of nitrogens with one attached hydrogen (secondary N) is 2. The van der Waals surface area contributed by atoms with E-state index in [1.807, 2.05) is 48.5 Å². The number of benzene rings is 3. The number of fused-ring (bicyclic) bond motifs is 1. The first kappa shape index (κ1) is 30.4. The molecule has 6 aliphatic heterocycles. The number of hydrogen-bond acceptors (Lipinski definition) is 9. The molecular weight excluding hydrogens is 578 g/mol. The Morgan fingerprint density at radius 2 is 1.56 bits per heavy atom. The summed E-state index contributed by atoms with van der Waals surface area (Å²) in [5.41, 5.74) is 2.82. The van der Waals surface area contributed by atoms with Gasteiger partial charge in [-0.1, -0.05) is 18.2 Å². The maximum Gasteiger partial charge on any atom is 0.258 e. The third-order valence-corrected chi connectivity index (χ3v) is 8.16. The van der Waals surface area contributed by atoms with Crippen LogP contribution in [-0.2, 0) is 29.1 Å². The van der Waals surface area contributed by atoms with Crippen molar-refractivity contribution in [3.05, 3.63) is 71.3 Å². The van der Waals surface area contributed by atoms with Crippen molar-refractivity contribution in [1.29, 1.82) is 0 Å². The second-order valence-electron chi connectivity index (χ2n) is 11.4. The molecule has 9 rings (SSSR count). The fourth-order valence-electron chi connectivity index (χ4n) is 5.80. The first-order valence-electron chi connectivity index (χ1n) is 15.3. The molecule has 2 N–H and O–H groups in total. The number of nitrogens with zero attached hydrogens (tertiary/aromatic N) is 1. The van der Waals surface area contributed by atoms with E-state index in [2.05, 4.69) is 15.5 Å². The summed E-state index contributed by atoms with van der Waals surface area (Å²) in [6, 6.07) is 16.7. The van der Waals surface area contributed by atoms with Crippen molar-refractivity contribution in [3.63, 3.8) is 0 Å². The highest BCUT2D eigenvalue weighted by molar-refractivity contribution is 5.78. The Morgan fingerprint density at radius 3 is 2.33 bits per heavy atom.